The number of halogens is 1. The Hall–Kier alpha value is -2.24. The van der Waals surface area contributed by atoms with Gasteiger partial charge in [-0.2, -0.15) is 4.98 Å². The van der Waals surface area contributed by atoms with Gasteiger partial charge in [0.1, 0.15) is 11.9 Å². The molecular formula is C12H17FN6O5. The van der Waals surface area contributed by atoms with Crippen LogP contribution in [0.5, 0.6) is 0 Å². The van der Waals surface area contributed by atoms with Crippen LogP contribution in [0.25, 0.3) is 10.4 Å². The van der Waals surface area contributed by atoms with Crippen molar-refractivity contribution in [2.75, 3.05) is 25.1 Å². The molecule has 4 N–H and O–H groups in total. The summed E-state index contributed by atoms with van der Waals surface area (Å²) in [4.78, 5) is 18.2. The molecule has 0 aromatic carbocycles. The highest BCUT2D eigenvalue weighted by atomic mass is 19.1. The van der Waals surface area contributed by atoms with E-state index in [1.54, 1.807) is 0 Å². The van der Waals surface area contributed by atoms with E-state index in [2.05, 4.69) is 20.3 Å². The van der Waals surface area contributed by atoms with Crippen molar-refractivity contribution in [2.45, 2.75) is 30.6 Å². The molecule has 24 heavy (non-hydrogen) atoms. The van der Waals surface area contributed by atoms with Crippen LogP contribution in [0.4, 0.5) is 10.2 Å². The number of nitrogens with one attached hydrogen (secondary N) is 1. The number of nitrogens with zero attached hydrogens (tertiary/aromatic N) is 5. The van der Waals surface area contributed by atoms with E-state index >= 15 is 0 Å². The molecule has 0 saturated carbocycles. The highest BCUT2D eigenvalue weighted by molar-refractivity contribution is 5.31. The molecule has 0 radical (unpaired) electrons. The molecule has 1 saturated heterocycles. The van der Waals surface area contributed by atoms with Crippen molar-refractivity contribution >= 4 is 5.82 Å². The van der Waals surface area contributed by atoms with Gasteiger partial charge >= 0.3 is 5.69 Å². The normalized spacial score (nSPS) is 29.2. The minimum absolute atomic E-state index is 0.0238. The summed E-state index contributed by atoms with van der Waals surface area (Å²) in [5.41, 5.74) is 5.43. The number of hydrogen-bond donors (Lipinski definition) is 4. The summed E-state index contributed by atoms with van der Waals surface area (Å²) >= 11 is 0. The Labute approximate surface area is 135 Å². The van der Waals surface area contributed by atoms with Crippen molar-refractivity contribution in [3.63, 3.8) is 0 Å². The Kier molecular flexibility index (Phi) is 5.70. The topological polar surface area (TPSA) is 166 Å². The van der Waals surface area contributed by atoms with Gasteiger partial charge in [-0.3, -0.25) is 4.57 Å². The number of azide groups is 1. The van der Waals surface area contributed by atoms with Crippen LogP contribution in [0.3, 0.4) is 0 Å². The van der Waals surface area contributed by atoms with E-state index < -0.39 is 36.5 Å². The third-order valence-electron chi connectivity index (χ3n) is 3.55. The Morgan fingerprint density at radius 3 is 2.92 bits per heavy atom. The molecule has 1 fully saturated rings. The van der Waals surface area contributed by atoms with E-state index in [9.17, 15) is 19.4 Å². The molecular weight excluding hydrogens is 327 g/mol. The van der Waals surface area contributed by atoms with E-state index in [1.807, 2.05) is 0 Å². The van der Waals surface area contributed by atoms with Gasteiger partial charge in [0, 0.05) is 24.3 Å². The van der Waals surface area contributed by atoms with Crippen LogP contribution in [-0.4, -0.2) is 62.6 Å². The Bertz CT molecular complexity index is 680. The van der Waals surface area contributed by atoms with Crippen molar-refractivity contribution in [3.8, 4) is 0 Å². The molecule has 12 heteroatoms. The van der Waals surface area contributed by atoms with Gasteiger partial charge in [-0.25, -0.2) is 9.18 Å². The van der Waals surface area contributed by atoms with Crippen LogP contribution in [0.2, 0.25) is 0 Å². The second-order valence-electron chi connectivity index (χ2n) is 5.10. The Morgan fingerprint density at radius 2 is 2.33 bits per heavy atom. The van der Waals surface area contributed by atoms with E-state index in [0.717, 1.165) is 4.57 Å². The van der Waals surface area contributed by atoms with Gasteiger partial charge in [0.2, 0.25) is 5.72 Å². The van der Waals surface area contributed by atoms with Gasteiger partial charge in [-0.1, -0.05) is 5.11 Å². The first-order chi connectivity index (χ1) is 11.5. The molecule has 1 aromatic rings. The lowest BCUT2D eigenvalue weighted by atomic mass is 10.1. The number of rotatable bonds is 7. The van der Waals surface area contributed by atoms with Crippen LogP contribution < -0.4 is 11.0 Å². The van der Waals surface area contributed by atoms with Crippen LogP contribution >= 0.6 is 0 Å². The molecule has 11 nitrogen and oxygen atoms in total. The lowest BCUT2D eigenvalue weighted by Gasteiger charge is -2.23. The zero-order valence-corrected chi connectivity index (χ0v) is 12.5. The first-order valence-corrected chi connectivity index (χ1v) is 7.10. The average Bonchev–Trinajstić information content (AvgIpc) is 2.81. The molecule has 4 atom stereocenters. The lowest BCUT2D eigenvalue weighted by Crippen LogP contribution is -2.43. The average molecular weight is 344 g/mol. The zero-order valence-electron chi connectivity index (χ0n) is 12.5. The second kappa shape index (κ2) is 7.55. The summed E-state index contributed by atoms with van der Waals surface area (Å²) in [6.07, 6.45) is -4.01. The van der Waals surface area contributed by atoms with E-state index in [0.29, 0.717) is 13.0 Å². The predicted octanol–water partition coefficient (Wildman–Crippen LogP) is -0.736. The SMILES string of the molecule is [N-]=[N+]=N[C@]1(CO)O[C@@H](n2ccc(NCCCO)nc2=O)[C@@H](F)[C@@H]1O. The molecule has 2 heterocycles. The Balaban J connectivity index is 2.25. The Morgan fingerprint density at radius 1 is 1.58 bits per heavy atom. The minimum Gasteiger partial charge on any atom is -0.396 e. The molecule has 132 valence electrons. The fraction of sp³-hybridized carbons (Fsp3) is 0.667. The van der Waals surface area contributed by atoms with E-state index in [1.165, 1.54) is 12.3 Å². The molecule has 0 spiro atoms. The number of alkyl halides is 1. The number of aliphatic hydroxyl groups excluding tert-OH is 3. The highest BCUT2D eigenvalue weighted by Gasteiger charge is 2.56. The molecule has 1 aromatic heterocycles. The first kappa shape index (κ1) is 18.1. The molecule has 2 rings (SSSR count). The molecule has 0 unspecified atom stereocenters. The molecule has 0 bridgehead atoms. The van der Waals surface area contributed by atoms with Gasteiger partial charge < -0.3 is 25.4 Å². The largest absolute Gasteiger partial charge is 0.396 e. The van der Waals surface area contributed by atoms with Crippen molar-refractivity contribution in [2.24, 2.45) is 5.11 Å². The van der Waals surface area contributed by atoms with Gasteiger partial charge in [0.05, 0.1) is 6.61 Å². The smallest absolute Gasteiger partial charge is 0.351 e. The number of anilines is 1. The fourth-order valence-electron chi connectivity index (χ4n) is 2.28. The van der Waals surface area contributed by atoms with Gasteiger partial charge in [0.15, 0.2) is 12.4 Å². The van der Waals surface area contributed by atoms with Crippen LogP contribution in [0.1, 0.15) is 12.6 Å². The third-order valence-corrected chi connectivity index (χ3v) is 3.55. The van der Waals surface area contributed by atoms with Gasteiger partial charge in [-0.15, -0.1) is 0 Å². The number of hydrogen-bond acceptors (Lipinski definition) is 8. The van der Waals surface area contributed by atoms with Gasteiger partial charge in [-0.05, 0) is 18.0 Å². The van der Waals surface area contributed by atoms with E-state index in [-0.39, 0.29) is 12.4 Å². The molecule has 0 aliphatic carbocycles. The minimum atomic E-state index is -2.21. The third kappa shape index (κ3) is 3.32. The van der Waals surface area contributed by atoms with Crippen LogP contribution in [-0.2, 0) is 4.74 Å². The first-order valence-electron chi connectivity index (χ1n) is 7.10. The summed E-state index contributed by atoms with van der Waals surface area (Å²) in [6, 6.07) is 1.38. The lowest BCUT2D eigenvalue weighted by molar-refractivity contribution is -0.124. The standard InChI is InChI=1S/C12H17FN6O5/c13-8-9(22)12(6-21,17-18-14)24-10(8)19-4-2-7(16-11(19)23)15-3-1-5-20/h2,4,8-10,20-22H,1,3,5-6H2,(H,15,16,23)/t8-,9-,10+,12+/m0/s1. The summed E-state index contributed by atoms with van der Waals surface area (Å²) in [6.45, 7) is -0.593. The van der Waals surface area contributed by atoms with Crippen molar-refractivity contribution < 1.29 is 24.4 Å². The maximum absolute atomic E-state index is 14.3. The quantitative estimate of drug-likeness (QED) is 0.219. The highest BCUT2D eigenvalue weighted by Crippen LogP contribution is 2.39. The number of ether oxygens (including phenoxy) is 1. The van der Waals surface area contributed by atoms with Crippen molar-refractivity contribution in [3.05, 3.63) is 33.2 Å². The summed E-state index contributed by atoms with van der Waals surface area (Å²) < 4.78 is 20.2. The number of aliphatic hydroxyl groups is 3. The van der Waals surface area contributed by atoms with Crippen LogP contribution in [0, 0.1) is 0 Å². The monoisotopic (exact) mass is 344 g/mol. The number of aromatic nitrogens is 2. The maximum Gasteiger partial charge on any atom is 0.351 e. The molecule has 1 aliphatic heterocycles. The summed E-state index contributed by atoms with van der Waals surface area (Å²) in [5, 5.41) is 33.8. The molecule has 1 aliphatic rings. The fourth-order valence-corrected chi connectivity index (χ4v) is 2.28. The van der Waals surface area contributed by atoms with Crippen LogP contribution in [0.15, 0.2) is 22.2 Å². The van der Waals surface area contributed by atoms with E-state index in [4.69, 9.17) is 15.4 Å². The summed E-state index contributed by atoms with van der Waals surface area (Å²) in [5.74, 6) is 0.224. The van der Waals surface area contributed by atoms with Crippen molar-refractivity contribution in [1.82, 2.24) is 9.55 Å². The van der Waals surface area contributed by atoms with Crippen molar-refractivity contribution in [1.29, 1.82) is 0 Å². The zero-order chi connectivity index (χ0) is 17.7. The predicted molar refractivity (Wildman–Crippen MR) is 78.7 cm³/mol. The molecule has 0 amide bonds. The van der Waals surface area contributed by atoms with Gasteiger partial charge in [0.25, 0.3) is 0 Å². The second-order valence-corrected chi connectivity index (χ2v) is 5.10. The summed E-state index contributed by atoms with van der Waals surface area (Å²) in [7, 11) is 0. The maximum atomic E-state index is 14.3.